The van der Waals surface area contributed by atoms with Crippen molar-refractivity contribution in [2.24, 2.45) is 5.92 Å². The van der Waals surface area contributed by atoms with Crippen LogP contribution in [0.15, 0.2) is 16.8 Å². The summed E-state index contributed by atoms with van der Waals surface area (Å²) in [5.74, 6) is 0.218. The first-order chi connectivity index (χ1) is 8.79. The fraction of sp³-hybridized carbons (Fsp3) is 0.385. The number of hydrogen-bond donors (Lipinski definition) is 2. The molecule has 94 valence electrons. The minimum atomic E-state index is 0.0810. The maximum atomic E-state index is 11.8. The van der Waals surface area contributed by atoms with Gasteiger partial charge < -0.3 is 5.32 Å². The number of carbonyl (C=O) groups excluding carboxylic acids is 1. The summed E-state index contributed by atoms with van der Waals surface area (Å²) in [7, 11) is 1.70. The van der Waals surface area contributed by atoms with Gasteiger partial charge in [-0.05, 0) is 30.7 Å². The third-order valence-corrected chi connectivity index (χ3v) is 4.24. The molecule has 0 unspecified atom stereocenters. The van der Waals surface area contributed by atoms with E-state index in [4.69, 9.17) is 0 Å². The van der Waals surface area contributed by atoms with Gasteiger partial charge >= 0.3 is 0 Å². The molecule has 3 rings (SSSR count). The number of aromatic nitrogens is 2. The second-order valence-electron chi connectivity index (χ2n) is 4.60. The Morgan fingerprint density at radius 2 is 2.50 bits per heavy atom. The van der Waals surface area contributed by atoms with Crippen molar-refractivity contribution in [3.63, 3.8) is 0 Å². The van der Waals surface area contributed by atoms with Gasteiger partial charge in [-0.25, -0.2) is 0 Å². The molecule has 2 heterocycles. The number of H-pyrrole nitrogens is 1. The predicted molar refractivity (Wildman–Crippen MR) is 71.5 cm³/mol. The summed E-state index contributed by atoms with van der Waals surface area (Å²) in [5, 5.41) is 14.4. The van der Waals surface area contributed by atoms with E-state index in [1.807, 2.05) is 0 Å². The minimum Gasteiger partial charge on any atom is -0.359 e. The highest BCUT2D eigenvalue weighted by molar-refractivity contribution is 7.08. The number of thiophene rings is 1. The van der Waals surface area contributed by atoms with Crippen LogP contribution in [0.2, 0.25) is 0 Å². The number of aromatic amines is 1. The molecule has 2 aromatic rings. The van der Waals surface area contributed by atoms with Crippen LogP contribution in [0.3, 0.4) is 0 Å². The second kappa shape index (κ2) is 4.57. The van der Waals surface area contributed by atoms with Crippen molar-refractivity contribution in [3.8, 4) is 11.3 Å². The Morgan fingerprint density at radius 1 is 1.61 bits per heavy atom. The Hall–Kier alpha value is -1.62. The van der Waals surface area contributed by atoms with E-state index in [0.29, 0.717) is 0 Å². The number of carbonyl (C=O) groups is 1. The van der Waals surface area contributed by atoms with Gasteiger partial charge in [0.1, 0.15) is 0 Å². The zero-order valence-electron chi connectivity index (χ0n) is 10.2. The molecule has 5 heteroatoms. The van der Waals surface area contributed by atoms with Gasteiger partial charge in [-0.1, -0.05) is 0 Å². The van der Waals surface area contributed by atoms with E-state index in [9.17, 15) is 4.79 Å². The first kappa shape index (κ1) is 11.5. The molecule has 0 saturated carbocycles. The standard InChI is InChI=1S/C13H15N3OS/c1-14-13(17)8-2-3-11-10(6-8)12(16-15-11)9-4-5-18-7-9/h4-5,7-8H,2-3,6H2,1H3,(H,14,17)(H,15,16)/t8-/m0/s1. The molecule has 0 radical (unpaired) electrons. The second-order valence-corrected chi connectivity index (χ2v) is 5.38. The minimum absolute atomic E-state index is 0.0810. The van der Waals surface area contributed by atoms with Gasteiger partial charge in [-0.3, -0.25) is 9.89 Å². The van der Waals surface area contributed by atoms with Crippen LogP contribution < -0.4 is 5.32 Å². The number of rotatable bonds is 2. The number of nitrogens with zero attached hydrogens (tertiary/aromatic N) is 1. The lowest BCUT2D eigenvalue weighted by atomic mass is 9.85. The van der Waals surface area contributed by atoms with Gasteiger partial charge in [-0.2, -0.15) is 16.4 Å². The lowest BCUT2D eigenvalue weighted by Gasteiger charge is -2.20. The lowest BCUT2D eigenvalue weighted by molar-refractivity contribution is -0.124. The summed E-state index contributed by atoms with van der Waals surface area (Å²) in [6.45, 7) is 0. The van der Waals surface area contributed by atoms with Crippen molar-refractivity contribution < 1.29 is 4.79 Å². The molecule has 0 fully saturated rings. The average molecular weight is 261 g/mol. The molecule has 1 aliphatic carbocycles. The van der Waals surface area contributed by atoms with Crippen LogP contribution in [0.25, 0.3) is 11.3 Å². The average Bonchev–Trinajstić information content (AvgIpc) is 3.05. The molecule has 0 aromatic carbocycles. The zero-order valence-corrected chi connectivity index (χ0v) is 11.0. The highest BCUT2D eigenvalue weighted by Crippen LogP contribution is 2.32. The van der Waals surface area contributed by atoms with Crippen LogP contribution in [0.4, 0.5) is 0 Å². The summed E-state index contributed by atoms with van der Waals surface area (Å²) in [5.41, 5.74) is 4.57. The van der Waals surface area contributed by atoms with Crippen LogP contribution in [-0.2, 0) is 17.6 Å². The third kappa shape index (κ3) is 1.84. The number of fused-ring (bicyclic) bond motifs is 1. The number of nitrogens with one attached hydrogen (secondary N) is 2. The fourth-order valence-electron chi connectivity index (χ4n) is 2.56. The van der Waals surface area contributed by atoms with E-state index in [1.165, 1.54) is 11.3 Å². The number of amides is 1. The molecule has 2 N–H and O–H groups in total. The molecule has 1 aliphatic rings. The van der Waals surface area contributed by atoms with Crippen LogP contribution in [-0.4, -0.2) is 23.2 Å². The van der Waals surface area contributed by atoms with E-state index in [1.54, 1.807) is 18.4 Å². The van der Waals surface area contributed by atoms with E-state index < -0.39 is 0 Å². The topological polar surface area (TPSA) is 57.8 Å². The summed E-state index contributed by atoms with van der Waals surface area (Å²) in [4.78, 5) is 11.8. The first-order valence-electron chi connectivity index (χ1n) is 6.10. The molecule has 2 aromatic heterocycles. The van der Waals surface area contributed by atoms with Crippen molar-refractivity contribution >= 4 is 17.2 Å². The SMILES string of the molecule is CNC(=O)[C@H]1CCc2[nH]nc(-c3ccsc3)c2C1. The Kier molecular flexibility index (Phi) is 2.91. The number of aryl methyl sites for hydroxylation is 1. The van der Waals surface area contributed by atoms with Gasteiger partial charge in [0, 0.05) is 35.2 Å². The Bertz CT molecular complexity index is 559. The van der Waals surface area contributed by atoms with Crippen molar-refractivity contribution in [3.05, 3.63) is 28.1 Å². The molecule has 0 saturated heterocycles. The smallest absolute Gasteiger partial charge is 0.223 e. The van der Waals surface area contributed by atoms with Gasteiger partial charge in [0.05, 0.1) is 5.69 Å². The Balaban J connectivity index is 1.94. The monoisotopic (exact) mass is 261 g/mol. The van der Waals surface area contributed by atoms with Gasteiger partial charge in [-0.15, -0.1) is 0 Å². The molecule has 1 amide bonds. The fourth-order valence-corrected chi connectivity index (χ4v) is 3.20. The van der Waals surface area contributed by atoms with Crippen molar-refractivity contribution in [1.29, 1.82) is 0 Å². The van der Waals surface area contributed by atoms with Gasteiger partial charge in [0.25, 0.3) is 0 Å². The van der Waals surface area contributed by atoms with Crippen LogP contribution in [0, 0.1) is 5.92 Å². The highest BCUT2D eigenvalue weighted by atomic mass is 32.1. The molecule has 18 heavy (non-hydrogen) atoms. The highest BCUT2D eigenvalue weighted by Gasteiger charge is 2.28. The van der Waals surface area contributed by atoms with Crippen LogP contribution >= 0.6 is 11.3 Å². The summed E-state index contributed by atoms with van der Waals surface area (Å²) < 4.78 is 0. The molecular formula is C13H15N3OS. The maximum absolute atomic E-state index is 11.8. The largest absolute Gasteiger partial charge is 0.359 e. The van der Waals surface area contributed by atoms with Crippen molar-refractivity contribution in [2.75, 3.05) is 7.05 Å². The summed E-state index contributed by atoms with van der Waals surface area (Å²) in [6.07, 6.45) is 2.60. The Labute approximate surface area is 109 Å². The quantitative estimate of drug-likeness (QED) is 0.868. The summed E-state index contributed by atoms with van der Waals surface area (Å²) >= 11 is 1.67. The maximum Gasteiger partial charge on any atom is 0.223 e. The Morgan fingerprint density at radius 3 is 3.22 bits per heavy atom. The zero-order chi connectivity index (χ0) is 12.5. The number of hydrogen-bond acceptors (Lipinski definition) is 3. The van der Waals surface area contributed by atoms with Gasteiger partial charge in [0.15, 0.2) is 0 Å². The lowest BCUT2D eigenvalue weighted by Crippen LogP contribution is -2.31. The van der Waals surface area contributed by atoms with Crippen molar-refractivity contribution in [1.82, 2.24) is 15.5 Å². The molecule has 0 aliphatic heterocycles. The van der Waals surface area contributed by atoms with Gasteiger partial charge in [0.2, 0.25) is 5.91 Å². The third-order valence-electron chi connectivity index (χ3n) is 3.56. The first-order valence-corrected chi connectivity index (χ1v) is 7.04. The predicted octanol–water partition coefficient (Wildman–Crippen LogP) is 1.99. The van der Waals surface area contributed by atoms with E-state index in [-0.39, 0.29) is 11.8 Å². The van der Waals surface area contributed by atoms with E-state index in [2.05, 4.69) is 32.3 Å². The van der Waals surface area contributed by atoms with E-state index in [0.717, 1.165) is 30.5 Å². The molecule has 4 nitrogen and oxygen atoms in total. The van der Waals surface area contributed by atoms with Crippen molar-refractivity contribution in [2.45, 2.75) is 19.3 Å². The normalized spacial score (nSPS) is 18.4. The molecule has 1 atom stereocenters. The molecule has 0 spiro atoms. The molecular weight excluding hydrogens is 246 g/mol. The van der Waals surface area contributed by atoms with Crippen LogP contribution in [0.5, 0.6) is 0 Å². The summed E-state index contributed by atoms with van der Waals surface area (Å²) in [6, 6.07) is 2.07. The van der Waals surface area contributed by atoms with Crippen LogP contribution in [0.1, 0.15) is 17.7 Å². The molecule has 0 bridgehead atoms. The van der Waals surface area contributed by atoms with E-state index >= 15 is 0 Å².